The summed E-state index contributed by atoms with van der Waals surface area (Å²) in [6.07, 6.45) is 0. The molecular weight excluding hydrogens is 276 g/mol. The quantitative estimate of drug-likeness (QED) is 0.368. The molecule has 0 aliphatic heterocycles. The Balaban J connectivity index is 4.11. The van der Waals surface area contributed by atoms with Gasteiger partial charge in [-0.2, -0.15) is 0 Å². The van der Waals surface area contributed by atoms with Crippen molar-refractivity contribution in [3.63, 3.8) is 0 Å². The van der Waals surface area contributed by atoms with Crippen molar-refractivity contribution in [3.8, 4) is 0 Å². The van der Waals surface area contributed by atoms with Gasteiger partial charge < -0.3 is 26.6 Å². The van der Waals surface area contributed by atoms with Gasteiger partial charge in [-0.15, -0.1) is 0 Å². The third kappa shape index (κ3) is 5.01. The Morgan fingerprint density at radius 3 is 0.944 bits per heavy atom. The van der Waals surface area contributed by atoms with E-state index in [9.17, 15) is 0 Å². The summed E-state index contributed by atoms with van der Waals surface area (Å²) in [4.78, 5) is 6.18. The van der Waals surface area contributed by atoms with Crippen molar-refractivity contribution in [1.29, 1.82) is 0 Å². The summed E-state index contributed by atoms with van der Waals surface area (Å²) in [7, 11) is 3.76. The van der Waals surface area contributed by atoms with Crippen molar-refractivity contribution < 1.29 is 26.6 Å². The fraction of sp³-hybridized carbons (Fsp3) is 1.00. The predicted octanol–water partition coefficient (Wildman–Crippen LogP) is -1.08. The van der Waals surface area contributed by atoms with Crippen LogP contribution in [0.4, 0.5) is 0 Å². The predicted molar refractivity (Wildman–Crippen MR) is 69.6 cm³/mol. The van der Waals surface area contributed by atoms with E-state index >= 15 is 0 Å². The van der Waals surface area contributed by atoms with E-state index in [0.29, 0.717) is 13.1 Å². The maximum atomic E-state index is 5.22. The molecule has 0 atom stereocenters. The third-order valence-corrected chi connectivity index (χ3v) is 7.01. The fourth-order valence-electron chi connectivity index (χ4n) is 1.36. The lowest BCUT2D eigenvalue weighted by molar-refractivity contribution is 0.104. The molecule has 2 N–H and O–H groups in total. The van der Waals surface area contributed by atoms with Crippen molar-refractivity contribution in [2.45, 2.75) is 0 Å². The molecule has 0 aromatic carbocycles. The van der Waals surface area contributed by atoms with Crippen LogP contribution < -0.4 is 9.96 Å². The summed E-state index contributed by atoms with van der Waals surface area (Å²) in [6.45, 7) is 1.12. The fourth-order valence-corrected chi connectivity index (χ4v) is 4.09. The average Bonchev–Trinajstić information content (AvgIpc) is 2.45. The highest BCUT2D eigenvalue weighted by Gasteiger charge is 2.40. The minimum absolute atomic E-state index is 0.562. The van der Waals surface area contributed by atoms with Gasteiger partial charge in [-0.05, 0) is 0 Å². The van der Waals surface area contributed by atoms with Crippen LogP contribution in [0.3, 0.4) is 0 Å². The molecular formula is C8H24N2O6Si2. The van der Waals surface area contributed by atoms with Crippen LogP contribution in [0.2, 0.25) is 0 Å². The van der Waals surface area contributed by atoms with Gasteiger partial charge in [0.2, 0.25) is 0 Å². The summed E-state index contributed by atoms with van der Waals surface area (Å²) in [6, 6.07) is 0. The Labute approximate surface area is 111 Å². The first-order valence-corrected chi connectivity index (χ1v) is 8.83. The molecule has 110 valence electrons. The minimum Gasteiger partial charge on any atom is -0.364 e. The lowest BCUT2D eigenvalue weighted by atomic mass is 10.7. The highest BCUT2D eigenvalue weighted by atomic mass is 28.4. The van der Waals surface area contributed by atoms with Crippen LogP contribution in [0, 0.1) is 0 Å². The summed E-state index contributed by atoms with van der Waals surface area (Å²) >= 11 is 0. The highest BCUT2D eigenvalue weighted by Crippen LogP contribution is 2.02. The Hall–Kier alpha value is 0.114. The number of nitrogens with one attached hydrogen (secondary N) is 2. The van der Waals surface area contributed by atoms with Crippen molar-refractivity contribution in [2.75, 3.05) is 55.7 Å². The zero-order valence-electron chi connectivity index (χ0n) is 11.9. The summed E-state index contributed by atoms with van der Waals surface area (Å²) in [5.41, 5.74) is 0. The Bertz CT molecular complexity index is 177. The molecule has 0 saturated carbocycles. The van der Waals surface area contributed by atoms with E-state index in [1.807, 2.05) is 0 Å². The molecule has 0 unspecified atom stereocenters. The number of hydrogen-bond acceptors (Lipinski definition) is 8. The van der Waals surface area contributed by atoms with Crippen LogP contribution in [-0.2, 0) is 26.6 Å². The molecule has 0 aromatic heterocycles. The van der Waals surface area contributed by atoms with Crippen molar-refractivity contribution in [2.24, 2.45) is 0 Å². The molecule has 8 nitrogen and oxygen atoms in total. The van der Waals surface area contributed by atoms with Gasteiger partial charge in [0.25, 0.3) is 0 Å². The van der Waals surface area contributed by atoms with Gasteiger partial charge in [0.05, 0.1) is 0 Å². The van der Waals surface area contributed by atoms with Crippen LogP contribution in [0.5, 0.6) is 0 Å². The van der Waals surface area contributed by atoms with Gasteiger partial charge in [-0.1, -0.05) is 0 Å². The summed E-state index contributed by atoms with van der Waals surface area (Å²) in [5.74, 6) is 0. The molecule has 0 bridgehead atoms. The number of rotatable bonds is 11. The molecule has 0 radical (unpaired) electrons. The van der Waals surface area contributed by atoms with Crippen LogP contribution in [0.1, 0.15) is 0 Å². The van der Waals surface area contributed by atoms with Gasteiger partial charge in [0.15, 0.2) is 0 Å². The number of hydrogen-bond donors (Lipinski definition) is 2. The largest absolute Gasteiger partial charge is 0.596 e. The molecule has 0 heterocycles. The molecule has 0 aliphatic carbocycles. The van der Waals surface area contributed by atoms with Gasteiger partial charge in [0.1, 0.15) is 0 Å². The lowest BCUT2D eigenvalue weighted by Crippen LogP contribution is -2.62. The van der Waals surface area contributed by atoms with E-state index in [-0.39, 0.29) is 0 Å². The first-order valence-electron chi connectivity index (χ1n) is 5.38. The van der Waals surface area contributed by atoms with Crippen LogP contribution in [0.15, 0.2) is 0 Å². The van der Waals surface area contributed by atoms with Crippen LogP contribution in [-0.4, -0.2) is 73.7 Å². The zero-order valence-corrected chi connectivity index (χ0v) is 13.9. The molecule has 0 aliphatic rings. The molecule has 0 spiro atoms. The first kappa shape index (κ1) is 18.1. The van der Waals surface area contributed by atoms with Gasteiger partial charge in [-0.25, -0.2) is 0 Å². The molecule has 0 rings (SSSR count). The molecule has 10 heteroatoms. The Morgan fingerprint density at radius 2 is 0.778 bits per heavy atom. The third-order valence-electron chi connectivity index (χ3n) is 2.42. The van der Waals surface area contributed by atoms with Crippen LogP contribution in [0.25, 0.3) is 0 Å². The Morgan fingerprint density at radius 1 is 0.556 bits per heavy atom. The van der Waals surface area contributed by atoms with Gasteiger partial charge >= 0.3 is 17.9 Å². The smallest absolute Gasteiger partial charge is 0.364 e. The van der Waals surface area contributed by atoms with Gasteiger partial charge in [-0.3, -0.25) is 9.96 Å². The normalized spacial score (nSPS) is 13.0. The summed E-state index contributed by atoms with van der Waals surface area (Å²) < 4.78 is 31.3. The average molecular weight is 300 g/mol. The second kappa shape index (κ2) is 9.09. The van der Waals surface area contributed by atoms with E-state index in [1.165, 1.54) is 42.7 Å². The van der Waals surface area contributed by atoms with Gasteiger partial charge in [0, 0.05) is 55.7 Å². The van der Waals surface area contributed by atoms with E-state index < -0.39 is 17.9 Å². The second-order valence-corrected chi connectivity index (χ2v) is 8.57. The van der Waals surface area contributed by atoms with E-state index in [1.54, 1.807) is 0 Å². The monoisotopic (exact) mass is 300 g/mol. The molecule has 0 fully saturated rings. The topological polar surface area (TPSA) is 79.4 Å². The molecule has 0 saturated heterocycles. The summed E-state index contributed by atoms with van der Waals surface area (Å²) in [5, 5.41) is 0. The maximum Gasteiger partial charge on any atom is 0.596 e. The second-order valence-electron chi connectivity index (χ2n) is 3.19. The van der Waals surface area contributed by atoms with Crippen molar-refractivity contribution in [3.05, 3.63) is 0 Å². The molecule has 0 aromatic rings. The minimum atomic E-state index is -2.74. The first-order chi connectivity index (χ1) is 8.57. The van der Waals surface area contributed by atoms with Crippen molar-refractivity contribution >= 4 is 17.9 Å². The van der Waals surface area contributed by atoms with Crippen LogP contribution >= 0.6 is 0 Å². The highest BCUT2D eigenvalue weighted by molar-refractivity contribution is 6.58. The van der Waals surface area contributed by atoms with E-state index in [2.05, 4.69) is 9.96 Å². The van der Waals surface area contributed by atoms with E-state index in [4.69, 9.17) is 26.6 Å². The maximum absolute atomic E-state index is 5.22. The Kier molecular flexibility index (Phi) is 9.14. The molecule has 0 amide bonds. The zero-order chi connectivity index (χ0) is 14.1. The lowest BCUT2D eigenvalue weighted by Gasteiger charge is -2.27. The SMILES string of the molecule is CO[Si](NCCN[Si](OC)(OC)OC)(OC)OC. The standard InChI is InChI=1S/C8H24N2O6Si2/c1-11-17(12-2,13-3)9-7-8-10-18(14-4,15-5)16-6/h9-10H,7-8H2,1-6H3. The van der Waals surface area contributed by atoms with E-state index in [0.717, 1.165) is 0 Å². The molecule has 18 heavy (non-hydrogen) atoms. The van der Waals surface area contributed by atoms with Crippen molar-refractivity contribution in [1.82, 2.24) is 9.96 Å².